The fourth-order valence-corrected chi connectivity index (χ4v) is 2.93. The Balaban J connectivity index is 1.60. The molecule has 0 unspecified atom stereocenters. The van der Waals surface area contributed by atoms with Crippen molar-refractivity contribution in [3.8, 4) is 0 Å². The lowest BCUT2D eigenvalue weighted by Crippen LogP contribution is -2.45. The Morgan fingerprint density at radius 3 is 2.70 bits per heavy atom. The molecule has 3 rings (SSSR count). The molecule has 0 bridgehead atoms. The highest BCUT2D eigenvalue weighted by atomic mass is 19.1. The highest BCUT2D eigenvalue weighted by molar-refractivity contribution is 5.93. The number of amides is 3. The first-order valence-corrected chi connectivity index (χ1v) is 8.67. The fourth-order valence-electron chi connectivity index (χ4n) is 2.93. The van der Waals surface area contributed by atoms with E-state index in [-0.39, 0.29) is 24.1 Å². The van der Waals surface area contributed by atoms with E-state index in [0.29, 0.717) is 31.3 Å². The first-order valence-electron chi connectivity index (χ1n) is 8.67. The molecule has 142 valence electrons. The molecule has 2 aromatic rings. The van der Waals surface area contributed by atoms with E-state index >= 15 is 0 Å². The van der Waals surface area contributed by atoms with E-state index < -0.39 is 17.7 Å². The van der Waals surface area contributed by atoms with Crippen LogP contribution in [0.15, 0.2) is 36.5 Å². The van der Waals surface area contributed by atoms with Gasteiger partial charge >= 0.3 is 6.03 Å². The number of pyridine rings is 1. The van der Waals surface area contributed by atoms with Crippen LogP contribution in [0.25, 0.3) is 0 Å². The average Bonchev–Trinajstić information content (AvgIpc) is 2.66. The molecule has 1 atom stereocenters. The van der Waals surface area contributed by atoms with Crippen molar-refractivity contribution in [3.05, 3.63) is 53.7 Å². The third kappa shape index (κ3) is 4.78. The molecule has 1 saturated heterocycles. The summed E-state index contributed by atoms with van der Waals surface area (Å²) in [5.74, 6) is -1.70. The van der Waals surface area contributed by atoms with Gasteiger partial charge in [-0.1, -0.05) is 6.07 Å². The maximum atomic E-state index is 13.7. The lowest BCUT2D eigenvalue weighted by atomic mass is 9.97. The Bertz CT molecular complexity index is 842. The number of halogens is 2. The molecule has 1 fully saturated rings. The van der Waals surface area contributed by atoms with Crippen molar-refractivity contribution in [1.29, 1.82) is 0 Å². The molecule has 2 heterocycles. The SMILES string of the molecule is Cc1ccc(NC(=O)[C@@H]2CCCN(C(=O)Nc3ccc(F)cc3F)C2)nc1. The minimum absolute atomic E-state index is 0.100. The molecule has 8 heteroatoms. The molecule has 0 aliphatic carbocycles. The zero-order chi connectivity index (χ0) is 19.4. The molecule has 0 saturated carbocycles. The second kappa shape index (κ2) is 8.11. The Hall–Kier alpha value is -3.03. The van der Waals surface area contributed by atoms with Crippen molar-refractivity contribution >= 4 is 23.4 Å². The molecular weight excluding hydrogens is 354 g/mol. The Morgan fingerprint density at radius 1 is 1.19 bits per heavy atom. The Morgan fingerprint density at radius 2 is 2.00 bits per heavy atom. The van der Waals surface area contributed by atoms with Gasteiger partial charge in [-0.25, -0.2) is 18.6 Å². The smallest absolute Gasteiger partial charge is 0.321 e. The summed E-state index contributed by atoms with van der Waals surface area (Å²) in [6.45, 7) is 2.58. The number of benzene rings is 1. The van der Waals surface area contributed by atoms with Crippen molar-refractivity contribution < 1.29 is 18.4 Å². The summed E-state index contributed by atoms with van der Waals surface area (Å²) in [7, 11) is 0. The van der Waals surface area contributed by atoms with Gasteiger partial charge in [0.1, 0.15) is 17.5 Å². The summed E-state index contributed by atoms with van der Waals surface area (Å²) in [5.41, 5.74) is 0.887. The average molecular weight is 374 g/mol. The zero-order valence-electron chi connectivity index (χ0n) is 14.8. The van der Waals surface area contributed by atoms with Crippen LogP contribution in [0, 0.1) is 24.5 Å². The molecular formula is C19H20F2N4O2. The van der Waals surface area contributed by atoms with E-state index in [2.05, 4.69) is 15.6 Å². The number of urea groups is 1. The maximum Gasteiger partial charge on any atom is 0.321 e. The third-order valence-electron chi connectivity index (χ3n) is 4.41. The summed E-state index contributed by atoms with van der Waals surface area (Å²) < 4.78 is 26.7. The van der Waals surface area contributed by atoms with Crippen molar-refractivity contribution in [2.24, 2.45) is 5.92 Å². The van der Waals surface area contributed by atoms with Crippen LogP contribution in [-0.4, -0.2) is 34.9 Å². The van der Waals surface area contributed by atoms with Gasteiger partial charge in [0.05, 0.1) is 11.6 Å². The second-order valence-corrected chi connectivity index (χ2v) is 6.55. The van der Waals surface area contributed by atoms with E-state index in [4.69, 9.17) is 0 Å². The van der Waals surface area contributed by atoms with Crippen LogP contribution in [0.5, 0.6) is 0 Å². The number of aromatic nitrogens is 1. The minimum atomic E-state index is -0.847. The zero-order valence-corrected chi connectivity index (χ0v) is 14.8. The van der Waals surface area contributed by atoms with Crippen LogP contribution in [0.2, 0.25) is 0 Å². The second-order valence-electron chi connectivity index (χ2n) is 6.55. The summed E-state index contributed by atoms with van der Waals surface area (Å²) in [6, 6.07) is 5.99. The van der Waals surface area contributed by atoms with Gasteiger partial charge in [0.2, 0.25) is 5.91 Å². The van der Waals surface area contributed by atoms with Gasteiger partial charge in [-0.3, -0.25) is 4.79 Å². The molecule has 6 nitrogen and oxygen atoms in total. The molecule has 0 radical (unpaired) electrons. The van der Waals surface area contributed by atoms with E-state index in [1.165, 1.54) is 11.0 Å². The highest BCUT2D eigenvalue weighted by Gasteiger charge is 2.29. The molecule has 2 N–H and O–H groups in total. The van der Waals surface area contributed by atoms with Crippen molar-refractivity contribution in [3.63, 3.8) is 0 Å². The molecule has 3 amide bonds. The number of piperidine rings is 1. The fraction of sp³-hybridized carbons (Fsp3) is 0.316. The van der Waals surface area contributed by atoms with Gasteiger partial charge in [0.15, 0.2) is 0 Å². The number of nitrogens with zero attached hydrogens (tertiary/aromatic N) is 2. The standard InChI is InChI=1S/C19H20F2N4O2/c1-12-4-7-17(22-10-12)24-18(26)13-3-2-8-25(11-13)19(27)23-16-6-5-14(20)9-15(16)21/h4-7,9-10,13H,2-3,8,11H2,1H3,(H,23,27)(H,22,24,26)/t13-/m1/s1. The minimum Gasteiger partial charge on any atom is -0.324 e. The van der Waals surface area contributed by atoms with E-state index in [0.717, 1.165) is 11.6 Å². The Labute approximate surface area is 155 Å². The summed E-state index contributed by atoms with van der Waals surface area (Å²) >= 11 is 0. The van der Waals surface area contributed by atoms with Crippen molar-refractivity contribution in [1.82, 2.24) is 9.88 Å². The van der Waals surface area contributed by atoms with Gasteiger partial charge in [-0.15, -0.1) is 0 Å². The summed E-state index contributed by atoms with van der Waals surface area (Å²) in [5, 5.41) is 5.18. The van der Waals surface area contributed by atoms with Crippen LogP contribution in [0.4, 0.5) is 25.1 Å². The van der Waals surface area contributed by atoms with Crippen LogP contribution >= 0.6 is 0 Å². The third-order valence-corrected chi connectivity index (χ3v) is 4.41. The van der Waals surface area contributed by atoms with Crippen LogP contribution < -0.4 is 10.6 Å². The lowest BCUT2D eigenvalue weighted by molar-refractivity contribution is -0.121. The number of hydrogen-bond acceptors (Lipinski definition) is 3. The molecule has 1 aliphatic rings. The number of likely N-dealkylation sites (tertiary alicyclic amines) is 1. The van der Waals surface area contributed by atoms with Gasteiger partial charge < -0.3 is 15.5 Å². The predicted octanol–water partition coefficient (Wildman–Crippen LogP) is 3.55. The number of rotatable bonds is 3. The molecule has 27 heavy (non-hydrogen) atoms. The van der Waals surface area contributed by atoms with Gasteiger partial charge in [0.25, 0.3) is 0 Å². The van der Waals surface area contributed by atoms with E-state index in [1.54, 1.807) is 12.3 Å². The summed E-state index contributed by atoms with van der Waals surface area (Å²) in [6.07, 6.45) is 2.96. The van der Waals surface area contributed by atoms with Crippen LogP contribution in [-0.2, 0) is 4.79 Å². The van der Waals surface area contributed by atoms with Gasteiger partial charge in [0, 0.05) is 25.4 Å². The van der Waals surface area contributed by atoms with E-state index in [1.807, 2.05) is 13.0 Å². The molecule has 1 aromatic carbocycles. The topological polar surface area (TPSA) is 74.3 Å². The number of nitrogens with one attached hydrogen (secondary N) is 2. The normalized spacial score (nSPS) is 16.7. The first-order chi connectivity index (χ1) is 12.9. The highest BCUT2D eigenvalue weighted by Crippen LogP contribution is 2.21. The quantitative estimate of drug-likeness (QED) is 0.863. The maximum absolute atomic E-state index is 13.7. The van der Waals surface area contributed by atoms with Gasteiger partial charge in [-0.05, 0) is 43.5 Å². The molecule has 0 spiro atoms. The number of anilines is 2. The number of aryl methyl sites for hydroxylation is 1. The predicted molar refractivity (Wildman–Crippen MR) is 97.3 cm³/mol. The molecule has 1 aromatic heterocycles. The largest absolute Gasteiger partial charge is 0.324 e. The summed E-state index contributed by atoms with van der Waals surface area (Å²) in [4.78, 5) is 30.4. The lowest BCUT2D eigenvalue weighted by Gasteiger charge is -2.32. The monoisotopic (exact) mass is 374 g/mol. The first kappa shape index (κ1) is 18.8. The van der Waals surface area contributed by atoms with Crippen molar-refractivity contribution in [2.45, 2.75) is 19.8 Å². The van der Waals surface area contributed by atoms with Crippen LogP contribution in [0.1, 0.15) is 18.4 Å². The number of carbonyl (C=O) groups is 2. The van der Waals surface area contributed by atoms with E-state index in [9.17, 15) is 18.4 Å². The Kier molecular flexibility index (Phi) is 5.63. The number of hydrogen-bond donors (Lipinski definition) is 2. The van der Waals surface area contributed by atoms with Crippen LogP contribution in [0.3, 0.4) is 0 Å². The molecule has 1 aliphatic heterocycles. The van der Waals surface area contributed by atoms with Crippen molar-refractivity contribution in [2.75, 3.05) is 23.7 Å². The van der Waals surface area contributed by atoms with Gasteiger partial charge in [-0.2, -0.15) is 0 Å². The number of carbonyl (C=O) groups excluding carboxylic acids is 2.